The van der Waals surface area contributed by atoms with Crippen LogP contribution in [0.2, 0.25) is 0 Å². The van der Waals surface area contributed by atoms with Crippen molar-refractivity contribution in [3.05, 3.63) is 47.4 Å². The molecular formula is C21H27N5O2. The van der Waals surface area contributed by atoms with Crippen LogP contribution in [0.1, 0.15) is 17.1 Å². The van der Waals surface area contributed by atoms with Gasteiger partial charge in [0.25, 0.3) is 0 Å². The van der Waals surface area contributed by atoms with Crippen LogP contribution in [0.5, 0.6) is 11.8 Å². The zero-order chi connectivity index (χ0) is 19.5. The number of piperazine rings is 1. The predicted octanol–water partition coefficient (Wildman–Crippen LogP) is 2.60. The number of aromatic amines is 1. The average molecular weight is 381 g/mol. The van der Waals surface area contributed by atoms with Gasteiger partial charge in [-0.2, -0.15) is 9.97 Å². The number of nitrogens with one attached hydrogen (secondary N) is 1. The number of hydrogen-bond acceptors (Lipinski definition) is 6. The lowest BCUT2D eigenvalue weighted by Gasteiger charge is -2.34. The number of aryl methyl sites for hydroxylation is 1. The van der Waals surface area contributed by atoms with E-state index in [1.165, 1.54) is 22.2 Å². The van der Waals surface area contributed by atoms with E-state index >= 15 is 0 Å². The molecule has 0 saturated carbocycles. The number of methoxy groups -OCH3 is 2. The molecule has 1 saturated heterocycles. The maximum Gasteiger partial charge on any atom is 0.220 e. The van der Waals surface area contributed by atoms with Gasteiger partial charge in [-0.3, -0.25) is 9.80 Å². The second-order valence-electron chi connectivity index (χ2n) is 7.25. The fourth-order valence-corrected chi connectivity index (χ4v) is 3.77. The number of H-pyrrole nitrogens is 1. The van der Waals surface area contributed by atoms with Crippen molar-refractivity contribution in [1.29, 1.82) is 0 Å². The van der Waals surface area contributed by atoms with Crippen molar-refractivity contribution in [3.8, 4) is 11.8 Å². The van der Waals surface area contributed by atoms with Gasteiger partial charge >= 0.3 is 0 Å². The van der Waals surface area contributed by atoms with Gasteiger partial charge < -0.3 is 14.5 Å². The first-order valence-electron chi connectivity index (χ1n) is 9.62. The number of aromatic nitrogens is 3. The van der Waals surface area contributed by atoms with Crippen LogP contribution in [-0.4, -0.2) is 65.2 Å². The number of benzene rings is 1. The molecule has 0 unspecified atom stereocenters. The van der Waals surface area contributed by atoms with Crippen LogP contribution in [0.3, 0.4) is 0 Å². The van der Waals surface area contributed by atoms with E-state index in [2.05, 4.69) is 55.9 Å². The highest BCUT2D eigenvalue weighted by atomic mass is 16.5. The van der Waals surface area contributed by atoms with Gasteiger partial charge in [0.05, 0.1) is 26.8 Å². The molecule has 0 radical (unpaired) electrons. The predicted molar refractivity (Wildman–Crippen MR) is 109 cm³/mol. The summed E-state index contributed by atoms with van der Waals surface area (Å²) in [6.07, 6.45) is 0. The topological polar surface area (TPSA) is 66.5 Å². The minimum atomic E-state index is 0.537. The van der Waals surface area contributed by atoms with Crippen LogP contribution in [0.25, 0.3) is 10.9 Å². The Balaban J connectivity index is 1.37. The Labute approximate surface area is 165 Å². The van der Waals surface area contributed by atoms with E-state index < -0.39 is 0 Å². The summed E-state index contributed by atoms with van der Waals surface area (Å²) in [5.41, 5.74) is 3.81. The molecule has 0 aliphatic carbocycles. The van der Waals surface area contributed by atoms with Crippen molar-refractivity contribution in [2.75, 3.05) is 40.4 Å². The first-order valence-corrected chi connectivity index (χ1v) is 9.62. The molecule has 3 heterocycles. The fourth-order valence-electron chi connectivity index (χ4n) is 3.77. The van der Waals surface area contributed by atoms with Gasteiger partial charge in [0.1, 0.15) is 5.82 Å². The zero-order valence-corrected chi connectivity index (χ0v) is 16.7. The van der Waals surface area contributed by atoms with Crippen molar-refractivity contribution < 1.29 is 9.47 Å². The van der Waals surface area contributed by atoms with Crippen LogP contribution < -0.4 is 9.47 Å². The third kappa shape index (κ3) is 4.10. The molecule has 28 heavy (non-hydrogen) atoms. The average Bonchev–Trinajstić information content (AvgIpc) is 3.10. The quantitative estimate of drug-likeness (QED) is 0.708. The van der Waals surface area contributed by atoms with Crippen molar-refractivity contribution in [1.82, 2.24) is 24.8 Å². The van der Waals surface area contributed by atoms with E-state index in [4.69, 9.17) is 9.47 Å². The smallest absolute Gasteiger partial charge is 0.220 e. The third-order valence-corrected chi connectivity index (χ3v) is 5.26. The highest BCUT2D eigenvalue weighted by Crippen LogP contribution is 2.22. The van der Waals surface area contributed by atoms with Crippen LogP contribution in [-0.2, 0) is 13.1 Å². The summed E-state index contributed by atoms with van der Waals surface area (Å²) in [6.45, 7) is 7.83. The van der Waals surface area contributed by atoms with E-state index in [9.17, 15) is 0 Å². The summed E-state index contributed by atoms with van der Waals surface area (Å²) >= 11 is 0. The molecule has 1 aromatic carbocycles. The van der Waals surface area contributed by atoms with Gasteiger partial charge in [-0.1, -0.05) is 12.1 Å². The van der Waals surface area contributed by atoms with E-state index in [0.29, 0.717) is 18.3 Å². The molecule has 0 spiro atoms. The standard InChI is InChI=1S/C21H27N5O2/c1-15-11-17-16(5-4-6-18(17)22-15)13-25-7-9-26(10-8-25)14-19-23-20(27-2)12-21(24-19)28-3/h4-6,11-12,22H,7-10,13-14H2,1-3H3. The number of rotatable bonds is 6. The summed E-state index contributed by atoms with van der Waals surface area (Å²) in [6, 6.07) is 10.5. The van der Waals surface area contributed by atoms with Crippen molar-refractivity contribution in [3.63, 3.8) is 0 Å². The van der Waals surface area contributed by atoms with Gasteiger partial charge in [-0.05, 0) is 24.6 Å². The second kappa shape index (κ2) is 8.16. The Hall–Kier alpha value is -2.64. The molecule has 1 aliphatic heterocycles. The molecular weight excluding hydrogens is 354 g/mol. The first kappa shape index (κ1) is 18.7. The van der Waals surface area contributed by atoms with E-state index in [-0.39, 0.29) is 0 Å². The SMILES string of the molecule is COc1cc(OC)nc(CN2CCN(Cc3cccc4[nH]c(C)cc34)CC2)n1. The lowest BCUT2D eigenvalue weighted by Crippen LogP contribution is -2.45. The molecule has 0 amide bonds. The third-order valence-electron chi connectivity index (χ3n) is 5.26. The zero-order valence-electron chi connectivity index (χ0n) is 16.7. The summed E-state index contributed by atoms with van der Waals surface area (Å²) in [5.74, 6) is 1.81. The van der Waals surface area contributed by atoms with Gasteiger partial charge in [-0.25, -0.2) is 0 Å². The number of ether oxygens (including phenoxy) is 2. The molecule has 7 heteroatoms. The maximum absolute atomic E-state index is 5.25. The molecule has 7 nitrogen and oxygen atoms in total. The molecule has 1 fully saturated rings. The fraction of sp³-hybridized carbons (Fsp3) is 0.429. The largest absolute Gasteiger partial charge is 0.481 e. The van der Waals surface area contributed by atoms with E-state index in [1.807, 2.05) is 0 Å². The number of fused-ring (bicyclic) bond motifs is 1. The Bertz CT molecular complexity index is 925. The summed E-state index contributed by atoms with van der Waals surface area (Å²) in [7, 11) is 3.22. The highest BCUT2D eigenvalue weighted by Gasteiger charge is 2.19. The lowest BCUT2D eigenvalue weighted by molar-refractivity contribution is 0.119. The Kier molecular flexibility index (Phi) is 5.45. The Morgan fingerprint density at radius 1 is 0.929 bits per heavy atom. The molecule has 2 aromatic heterocycles. The minimum absolute atomic E-state index is 0.537. The molecule has 1 N–H and O–H groups in total. The van der Waals surface area contributed by atoms with Crippen LogP contribution >= 0.6 is 0 Å². The van der Waals surface area contributed by atoms with E-state index in [0.717, 1.165) is 38.5 Å². The number of hydrogen-bond donors (Lipinski definition) is 1. The van der Waals surface area contributed by atoms with Crippen molar-refractivity contribution in [2.24, 2.45) is 0 Å². The van der Waals surface area contributed by atoms with Crippen molar-refractivity contribution in [2.45, 2.75) is 20.0 Å². The van der Waals surface area contributed by atoms with Crippen LogP contribution in [0.15, 0.2) is 30.3 Å². The molecule has 0 atom stereocenters. The summed E-state index contributed by atoms with van der Waals surface area (Å²) in [5, 5.41) is 1.33. The Morgan fingerprint density at radius 3 is 2.21 bits per heavy atom. The first-order chi connectivity index (χ1) is 13.6. The van der Waals surface area contributed by atoms with Gasteiger partial charge in [0.2, 0.25) is 11.8 Å². The highest BCUT2D eigenvalue weighted by molar-refractivity contribution is 5.83. The lowest BCUT2D eigenvalue weighted by atomic mass is 10.1. The van der Waals surface area contributed by atoms with Gasteiger partial charge in [-0.15, -0.1) is 0 Å². The second-order valence-corrected chi connectivity index (χ2v) is 7.25. The number of nitrogens with zero attached hydrogens (tertiary/aromatic N) is 4. The summed E-state index contributed by atoms with van der Waals surface area (Å²) < 4.78 is 10.5. The Morgan fingerprint density at radius 2 is 1.57 bits per heavy atom. The normalized spacial score (nSPS) is 15.8. The molecule has 1 aliphatic rings. The van der Waals surface area contributed by atoms with Gasteiger partial charge in [0.15, 0.2) is 0 Å². The minimum Gasteiger partial charge on any atom is -0.481 e. The van der Waals surface area contributed by atoms with Gasteiger partial charge in [0, 0.05) is 49.3 Å². The molecule has 3 aromatic rings. The van der Waals surface area contributed by atoms with Crippen LogP contribution in [0, 0.1) is 6.92 Å². The van der Waals surface area contributed by atoms with Crippen molar-refractivity contribution >= 4 is 10.9 Å². The van der Waals surface area contributed by atoms with Crippen LogP contribution in [0.4, 0.5) is 0 Å². The molecule has 148 valence electrons. The summed E-state index contributed by atoms with van der Waals surface area (Å²) in [4.78, 5) is 17.2. The monoisotopic (exact) mass is 381 g/mol. The molecule has 0 bridgehead atoms. The maximum atomic E-state index is 5.25. The molecule has 4 rings (SSSR count). The van der Waals surface area contributed by atoms with E-state index in [1.54, 1.807) is 20.3 Å².